The highest BCUT2D eigenvalue weighted by Crippen LogP contribution is 2.28. The molecule has 2 aromatic carbocycles. The summed E-state index contributed by atoms with van der Waals surface area (Å²) in [6.07, 6.45) is 3.76. The third-order valence-electron chi connectivity index (χ3n) is 6.57. The summed E-state index contributed by atoms with van der Waals surface area (Å²) in [6.45, 7) is 6.33. The van der Waals surface area contributed by atoms with Crippen LogP contribution < -0.4 is 20.9 Å². The summed E-state index contributed by atoms with van der Waals surface area (Å²) in [5.41, 5.74) is 4.11. The fourth-order valence-corrected chi connectivity index (χ4v) is 4.71. The van der Waals surface area contributed by atoms with Crippen molar-refractivity contribution in [2.75, 3.05) is 29.6 Å². The predicted octanol–water partition coefficient (Wildman–Crippen LogP) is 5.67. The number of carbonyl (C=O) groups excluding carboxylic acids is 1. The second-order valence-corrected chi connectivity index (χ2v) is 9.77. The number of urea groups is 1. The highest BCUT2D eigenvalue weighted by Gasteiger charge is 2.24. The number of amides is 2. The van der Waals surface area contributed by atoms with E-state index in [9.17, 15) is 4.79 Å². The molecule has 0 saturated heterocycles. The van der Waals surface area contributed by atoms with Crippen molar-refractivity contribution in [3.05, 3.63) is 53.6 Å². The Balaban J connectivity index is 1.34. The molecule has 1 saturated carbocycles. The molecule has 0 spiro atoms. The molecule has 4 rings (SSSR count). The van der Waals surface area contributed by atoms with E-state index in [-0.39, 0.29) is 12.1 Å². The monoisotopic (exact) mass is 460 g/mol. The molecule has 180 valence electrons. The molecule has 3 aromatic rings. The van der Waals surface area contributed by atoms with Crippen LogP contribution in [0.4, 0.5) is 22.2 Å². The molecule has 7 nitrogen and oxygen atoms in total. The van der Waals surface area contributed by atoms with E-state index in [0.717, 1.165) is 59.2 Å². The Labute approximate surface area is 202 Å². The predicted molar refractivity (Wildman–Crippen MR) is 141 cm³/mol. The number of nitrogens with zero attached hydrogens (tertiary/aromatic N) is 3. The summed E-state index contributed by atoms with van der Waals surface area (Å²) in [7, 11) is 4.00. The number of rotatable bonds is 6. The first-order chi connectivity index (χ1) is 16.3. The molecule has 1 heterocycles. The lowest BCUT2D eigenvalue weighted by molar-refractivity contribution is 0.243. The lowest BCUT2D eigenvalue weighted by Gasteiger charge is -2.30. The zero-order valence-electron chi connectivity index (χ0n) is 20.9. The van der Waals surface area contributed by atoms with Gasteiger partial charge in [0, 0.05) is 37.3 Å². The van der Waals surface area contributed by atoms with Crippen molar-refractivity contribution in [2.24, 2.45) is 0 Å². The zero-order chi connectivity index (χ0) is 24.2. The summed E-state index contributed by atoms with van der Waals surface area (Å²) in [4.78, 5) is 24.3. The highest BCUT2D eigenvalue weighted by molar-refractivity contribution is 5.91. The second kappa shape index (κ2) is 10.3. The van der Waals surface area contributed by atoms with E-state index in [2.05, 4.69) is 41.9 Å². The van der Waals surface area contributed by atoms with Gasteiger partial charge in [-0.05, 0) is 61.8 Å². The van der Waals surface area contributed by atoms with Crippen LogP contribution in [0.3, 0.4) is 0 Å². The van der Waals surface area contributed by atoms with Crippen LogP contribution >= 0.6 is 0 Å². The van der Waals surface area contributed by atoms with E-state index in [0.29, 0.717) is 17.9 Å². The third-order valence-corrected chi connectivity index (χ3v) is 6.57. The Kier molecular flexibility index (Phi) is 7.20. The van der Waals surface area contributed by atoms with Crippen molar-refractivity contribution >= 4 is 34.4 Å². The van der Waals surface area contributed by atoms with Gasteiger partial charge in [0.2, 0.25) is 5.95 Å². The minimum Gasteiger partial charge on any atom is -0.362 e. The van der Waals surface area contributed by atoms with Gasteiger partial charge in [0.05, 0.1) is 5.52 Å². The molecule has 1 fully saturated rings. The highest BCUT2D eigenvalue weighted by atomic mass is 16.2. The van der Waals surface area contributed by atoms with Gasteiger partial charge in [-0.25, -0.2) is 9.78 Å². The van der Waals surface area contributed by atoms with Crippen molar-refractivity contribution in [1.29, 1.82) is 0 Å². The van der Waals surface area contributed by atoms with E-state index in [1.807, 2.05) is 56.3 Å². The summed E-state index contributed by atoms with van der Waals surface area (Å²) in [5.74, 6) is 1.93. The molecule has 34 heavy (non-hydrogen) atoms. The number of para-hydroxylation sites is 2. The molecule has 0 aliphatic heterocycles. The van der Waals surface area contributed by atoms with E-state index in [4.69, 9.17) is 9.97 Å². The summed E-state index contributed by atoms with van der Waals surface area (Å²) < 4.78 is 0. The van der Waals surface area contributed by atoms with Crippen LogP contribution in [0.15, 0.2) is 42.5 Å². The molecule has 1 aliphatic rings. The molecule has 7 heteroatoms. The van der Waals surface area contributed by atoms with Crippen molar-refractivity contribution in [2.45, 2.75) is 64.5 Å². The van der Waals surface area contributed by atoms with Crippen LogP contribution in [0, 0.1) is 6.92 Å². The van der Waals surface area contributed by atoms with Gasteiger partial charge in [0.25, 0.3) is 0 Å². The maximum absolute atomic E-state index is 12.7. The largest absolute Gasteiger partial charge is 0.362 e. The summed E-state index contributed by atoms with van der Waals surface area (Å²) >= 11 is 0. The van der Waals surface area contributed by atoms with Gasteiger partial charge in [0.15, 0.2) is 0 Å². The lowest BCUT2D eigenvalue weighted by atomic mass is 9.91. The SMILES string of the molecule is Cc1cccc(C(C)C)c1NC(=O)NC1CCC(Nc2nc(N(C)C)c3ccccc3n2)CC1. The van der Waals surface area contributed by atoms with Crippen molar-refractivity contribution in [1.82, 2.24) is 15.3 Å². The maximum atomic E-state index is 12.7. The van der Waals surface area contributed by atoms with Gasteiger partial charge >= 0.3 is 6.03 Å². The Hall–Kier alpha value is -3.35. The van der Waals surface area contributed by atoms with Crippen LogP contribution in [-0.2, 0) is 0 Å². The van der Waals surface area contributed by atoms with E-state index in [1.165, 1.54) is 0 Å². The van der Waals surface area contributed by atoms with E-state index in [1.54, 1.807) is 0 Å². The van der Waals surface area contributed by atoms with Gasteiger partial charge in [-0.3, -0.25) is 0 Å². The minimum absolute atomic E-state index is 0.124. The minimum atomic E-state index is -0.124. The Morgan fingerprint density at radius 3 is 2.38 bits per heavy atom. The number of benzene rings is 2. The van der Waals surface area contributed by atoms with Crippen LogP contribution in [0.5, 0.6) is 0 Å². The lowest BCUT2D eigenvalue weighted by Crippen LogP contribution is -2.42. The van der Waals surface area contributed by atoms with Crippen LogP contribution in [0.1, 0.15) is 56.6 Å². The quantitative estimate of drug-likeness (QED) is 0.441. The molecule has 0 bridgehead atoms. The number of carbonyl (C=O) groups is 1. The number of hydrogen-bond acceptors (Lipinski definition) is 5. The van der Waals surface area contributed by atoms with Crippen LogP contribution in [0.25, 0.3) is 10.9 Å². The molecular formula is C27H36N6O. The average Bonchev–Trinajstić information content (AvgIpc) is 2.81. The zero-order valence-corrected chi connectivity index (χ0v) is 20.9. The number of fused-ring (bicyclic) bond motifs is 1. The molecular weight excluding hydrogens is 424 g/mol. The Bertz CT molecular complexity index is 1150. The number of aromatic nitrogens is 2. The van der Waals surface area contributed by atoms with Crippen molar-refractivity contribution in [3.63, 3.8) is 0 Å². The molecule has 1 aliphatic carbocycles. The molecule has 0 radical (unpaired) electrons. The van der Waals surface area contributed by atoms with Crippen LogP contribution in [0.2, 0.25) is 0 Å². The molecule has 2 amide bonds. The third kappa shape index (κ3) is 5.41. The topological polar surface area (TPSA) is 82.2 Å². The number of hydrogen-bond donors (Lipinski definition) is 3. The number of aryl methyl sites for hydroxylation is 1. The van der Waals surface area contributed by atoms with E-state index >= 15 is 0 Å². The first-order valence-electron chi connectivity index (χ1n) is 12.2. The Morgan fingerprint density at radius 2 is 1.68 bits per heavy atom. The molecule has 1 aromatic heterocycles. The summed E-state index contributed by atoms with van der Waals surface area (Å²) in [6, 6.07) is 14.6. The van der Waals surface area contributed by atoms with Gasteiger partial charge in [-0.2, -0.15) is 4.98 Å². The standard InChI is InChI=1S/C27H36N6O/c1-17(2)21-11-8-9-18(3)24(21)31-27(34)29-20-15-13-19(14-16-20)28-26-30-23-12-7-6-10-22(23)25(32-26)33(4)5/h6-12,17,19-20H,13-16H2,1-5H3,(H,28,30,32)(H2,29,31,34). The molecule has 3 N–H and O–H groups in total. The first-order valence-corrected chi connectivity index (χ1v) is 12.2. The van der Waals surface area contributed by atoms with Crippen LogP contribution in [-0.4, -0.2) is 42.2 Å². The van der Waals surface area contributed by atoms with E-state index < -0.39 is 0 Å². The fourth-order valence-electron chi connectivity index (χ4n) is 4.71. The molecule has 0 unspecified atom stereocenters. The Morgan fingerprint density at radius 1 is 0.971 bits per heavy atom. The average molecular weight is 461 g/mol. The maximum Gasteiger partial charge on any atom is 0.319 e. The summed E-state index contributed by atoms with van der Waals surface area (Å²) in [5, 5.41) is 10.9. The van der Waals surface area contributed by atoms with Crippen molar-refractivity contribution < 1.29 is 4.79 Å². The fraction of sp³-hybridized carbons (Fsp3) is 0.444. The first kappa shape index (κ1) is 23.8. The van der Waals surface area contributed by atoms with Gasteiger partial charge in [-0.1, -0.05) is 44.2 Å². The number of anilines is 3. The van der Waals surface area contributed by atoms with Gasteiger partial charge in [-0.15, -0.1) is 0 Å². The van der Waals surface area contributed by atoms with Crippen molar-refractivity contribution in [3.8, 4) is 0 Å². The van der Waals surface area contributed by atoms with Gasteiger partial charge in [0.1, 0.15) is 5.82 Å². The molecule has 0 atom stereocenters. The number of nitrogens with one attached hydrogen (secondary N) is 3. The van der Waals surface area contributed by atoms with Gasteiger partial charge < -0.3 is 20.9 Å². The normalized spacial score (nSPS) is 18.1. The smallest absolute Gasteiger partial charge is 0.319 e. The second-order valence-electron chi connectivity index (χ2n) is 9.77.